The van der Waals surface area contributed by atoms with Crippen LogP contribution in [0.4, 0.5) is 0 Å². The van der Waals surface area contributed by atoms with E-state index in [1.54, 1.807) is 7.05 Å². The second kappa shape index (κ2) is 8.96. The van der Waals surface area contributed by atoms with E-state index >= 15 is 0 Å². The molecule has 2 aromatic heterocycles. The molecule has 0 saturated carbocycles. The van der Waals surface area contributed by atoms with Gasteiger partial charge in [0, 0.05) is 35.3 Å². The summed E-state index contributed by atoms with van der Waals surface area (Å²) in [6.45, 7) is 10.7. The van der Waals surface area contributed by atoms with Gasteiger partial charge in [-0.25, -0.2) is 4.98 Å². The summed E-state index contributed by atoms with van der Waals surface area (Å²) >= 11 is 0. The Hall–Kier alpha value is -3.46. The first kappa shape index (κ1) is 21.8. The SMILES string of the molecule is CN=C/C=C(\C=C(/C)c1c(C)ccc2c1oc1nc(C)ccc12)c1cccc(C(C)C)c1. The van der Waals surface area contributed by atoms with Gasteiger partial charge in [-0.1, -0.05) is 56.3 Å². The average molecular weight is 423 g/mol. The Morgan fingerprint density at radius 1 is 1.03 bits per heavy atom. The number of benzene rings is 2. The lowest BCUT2D eigenvalue weighted by atomic mass is 9.93. The number of hydrogen-bond donors (Lipinski definition) is 0. The van der Waals surface area contributed by atoms with Crippen molar-refractivity contribution in [1.82, 2.24) is 4.98 Å². The number of allylic oxidation sites excluding steroid dienone is 4. The van der Waals surface area contributed by atoms with E-state index in [1.807, 2.05) is 19.2 Å². The predicted octanol–water partition coefficient (Wildman–Crippen LogP) is 7.91. The molecule has 0 unspecified atom stereocenters. The van der Waals surface area contributed by atoms with E-state index in [9.17, 15) is 0 Å². The van der Waals surface area contributed by atoms with Crippen molar-refractivity contribution < 1.29 is 4.42 Å². The van der Waals surface area contributed by atoms with Gasteiger partial charge in [-0.15, -0.1) is 0 Å². The van der Waals surface area contributed by atoms with Gasteiger partial charge in [-0.2, -0.15) is 0 Å². The topological polar surface area (TPSA) is 38.4 Å². The Labute approximate surface area is 190 Å². The lowest BCUT2D eigenvalue weighted by Crippen LogP contribution is -1.92. The largest absolute Gasteiger partial charge is 0.437 e. The Balaban J connectivity index is 1.90. The van der Waals surface area contributed by atoms with Crippen LogP contribution in [0.15, 0.2) is 70.1 Å². The van der Waals surface area contributed by atoms with Gasteiger partial charge in [0.2, 0.25) is 5.71 Å². The number of furan rings is 1. The van der Waals surface area contributed by atoms with Crippen LogP contribution in [0.5, 0.6) is 0 Å². The maximum Gasteiger partial charge on any atom is 0.227 e. The number of aryl methyl sites for hydroxylation is 2. The summed E-state index contributed by atoms with van der Waals surface area (Å²) in [5.74, 6) is 0.476. The van der Waals surface area contributed by atoms with Gasteiger partial charge in [-0.05, 0) is 72.7 Å². The Morgan fingerprint density at radius 2 is 1.81 bits per heavy atom. The third kappa shape index (κ3) is 4.16. The fraction of sp³-hybridized carbons (Fsp3) is 0.241. The van der Waals surface area contributed by atoms with Crippen LogP contribution in [0.2, 0.25) is 0 Å². The molecule has 0 radical (unpaired) electrons. The van der Waals surface area contributed by atoms with E-state index in [4.69, 9.17) is 4.42 Å². The summed E-state index contributed by atoms with van der Waals surface area (Å²) < 4.78 is 6.29. The maximum absolute atomic E-state index is 6.29. The molecule has 2 aromatic carbocycles. The fourth-order valence-corrected chi connectivity index (χ4v) is 4.17. The highest BCUT2D eigenvalue weighted by molar-refractivity contribution is 6.08. The third-order valence-corrected chi connectivity index (χ3v) is 5.91. The molecule has 0 atom stereocenters. The van der Waals surface area contributed by atoms with E-state index < -0.39 is 0 Å². The molecule has 32 heavy (non-hydrogen) atoms. The minimum absolute atomic E-state index is 0.476. The molecule has 2 heterocycles. The van der Waals surface area contributed by atoms with Gasteiger partial charge in [-0.3, -0.25) is 4.99 Å². The second-order valence-electron chi connectivity index (χ2n) is 8.68. The van der Waals surface area contributed by atoms with E-state index in [2.05, 4.69) is 92.3 Å². The van der Waals surface area contributed by atoms with Crippen LogP contribution < -0.4 is 0 Å². The Morgan fingerprint density at radius 3 is 2.56 bits per heavy atom. The van der Waals surface area contributed by atoms with Crippen LogP contribution in [0.25, 0.3) is 33.2 Å². The minimum atomic E-state index is 0.476. The lowest BCUT2D eigenvalue weighted by Gasteiger charge is -2.11. The van der Waals surface area contributed by atoms with Gasteiger partial charge in [0.15, 0.2) is 0 Å². The Kier molecular flexibility index (Phi) is 6.09. The molecule has 162 valence electrons. The van der Waals surface area contributed by atoms with Gasteiger partial charge in [0.1, 0.15) is 5.58 Å². The molecule has 0 bridgehead atoms. The zero-order valence-electron chi connectivity index (χ0n) is 19.7. The molecule has 4 aromatic rings. The minimum Gasteiger partial charge on any atom is -0.437 e. The number of hydrogen-bond acceptors (Lipinski definition) is 3. The highest BCUT2D eigenvalue weighted by Gasteiger charge is 2.15. The highest BCUT2D eigenvalue weighted by Crippen LogP contribution is 2.36. The van der Waals surface area contributed by atoms with Crippen molar-refractivity contribution in [2.24, 2.45) is 4.99 Å². The molecule has 0 spiro atoms. The summed E-state index contributed by atoms with van der Waals surface area (Å²) in [5.41, 5.74) is 9.62. The molecule has 0 fully saturated rings. The van der Waals surface area contributed by atoms with Crippen LogP contribution >= 0.6 is 0 Å². The number of aliphatic imine (C=N–C) groups is 1. The Bertz CT molecular complexity index is 1380. The quantitative estimate of drug-likeness (QED) is 0.242. The standard InChI is InChI=1S/C29H30N2O/c1-18(2)22-8-7-9-23(17-22)24(14-15-30-6)16-20(4)27-19(3)10-12-25-26-13-11-21(5)31-29(26)32-28(25)27/h7-18H,1-6H3/b20-16+,24-14+,30-15?. The van der Waals surface area contributed by atoms with Crippen molar-refractivity contribution in [3.05, 3.63) is 88.6 Å². The molecular formula is C29H30N2O. The fourth-order valence-electron chi connectivity index (χ4n) is 4.17. The molecule has 4 rings (SSSR count). The van der Waals surface area contributed by atoms with Crippen molar-refractivity contribution in [3.63, 3.8) is 0 Å². The summed E-state index contributed by atoms with van der Waals surface area (Å²) in [7, 11) is 1.80. The molecule has 0 aliphatic heterocycles. The van der Waals surface area contributed by atoms with Crippen LogP contribution in [0, 0.1) is 13.8 Å². The molecule has 0 N–H and O–H groups in total. The first-order chi connectivity index (χ1) is 15.4. The summed E-state index contributed by atoms with van der Waals surface area (Å²) in [5, 5.41) is 2.15. The zero-order chi connectivity index (χ0) is 22.8. The van der Waals surface area contributed by atoms with Crippen molar-refractivity contribution in [1.29, 1.82) is 0 Å². The zero-order valence-corrected chi connectivity index (χ0v) is 19.7. The lowest BCUT2D eigenvalue weighted by molar-refractivity contribution is 0.651. The molecule has 0 aliphatic carbocycles. The van der Waals surface area contributed by atoms with Crippen LogP contribution in [0.1, 0.15) is 54.6 Å². The number of fused-ring (bicyclic) bond motifs is 3. The molecular weight excluding hydrogens is 392 g/mol. The molecule has 3 heteroatoms. The number of aromatic nitrogens is 1. The van der Waals surface area contributed by atoms with Crippen molar-refractivity contribution in [3.8, 4) is 0 Å². The maximum atomic E-state index is 6.29. The van der Waals surface area contributed by atoms with E-state index in [1.165, 1.54) is 16.7 Å². The van der Waals surface area contributed by atoms with Gasteiger partial charge in [0.25, 0.3) is 0 Å². The first-order valence-electron chi connectivity index (χ1n) is 11.1. The van der Waals surface area contributed by atoms with Crippen LogP contribution in [0.3, 0.4) is 0 Å². The van der Waals surface area contributed by atoms with Gasteiger partial charge >= 0.3 is 0 Å². The summed E-state index contributed by atoms with van der Waals surface area (Å²) in [6, 6.07) is 17.2. The van der Waals surface area contributed by atoms with Gasteiger partial charge < -0.3 is 4.42 Å². The number of nitrogens with zero attached hydrogens (tertiary/aromatic N) is 2. The van der Waals surface area contributed by atoms with Crippen LogP contribution in [-0.4, -0.2) is 18.2 Å². The number of pyridine rings is 1. The normalized spacial score (nSPS) is 13.2. The van der Waals surface area contributed by atoms with Gasteiger partial charge in [0.05, 0.1) is 0 Å². The van der Waals surface area contributed by atoms with E-state index in [0.29, 0.717) is 11.6 Å². The monoisotopic (exact) mass is 422 g/mol. The predicted molar refractivity (Wildman–Crippen MR) is 138 cm³/mol. The first-order valence-corrected chi connectivity index (χ1v) is 11.1. The molecule has 0 aliphatic rings. The van der Waals surface area contributed by atoms with Crippen LogP contribution in [-0.2, 0) is 0 Å². The smallest absolute Gasteiger partial charge is 0.227 e. The average Bonchev–Trinajstić information content (AvgIpc) is 3.13. The molecule has 3 nitrogen and oxygen atoms in total. The molecule has 0 saturated heterocycles. The highest BCUT2D eigenvalue weighted by atomic mass is 16.3. The van der Waals surface area contributed by atoms with E-state index in [-0.39, 0.29) is 0 Å². The third-order valence-electron chi connectivity index (χ3n) is 5.91. The van der Waals surface area contributed by atoms with Crippen molar-refractivity contribution in [2.45, 2.75) is 40.5 Å². The van der Waals surface area contributed by atoms with Crippen molar-refractivity contribution in [2.75, 3.05) is 7.05 Å². The summed E-state index contributed by atoms with van der Waals surface area (Å²) in [6.07, 6.45) is 6.15. The molecule has 0 amide bonds. The van der Waals surface area contributed by atoms with Crippen molar-refractivity contribution >= 4 is 39.4 Å². The second-order valence-corrected chi connectivity index (χ2v) is 8.68. The number of rotatable bonds is 5. The summed E-state index contributed by atoms with van der Waals surface area (Å²) in [4.78, 5) is 8.79. The van der Waals surface area contributed by atoms with E-state index in [0.717, 1.165) is 38.8 Å².